The minimum absolute atomic E-state index is 0.0480. The fourth-order valence-corrected chi connectivity index (χ4v) is 3.06. The van der Waals surface area contributed by atoms with Crippen LogP contribution in [0.3, 0.4) is 0 Å². The Morgan fingerprint density at radius 1 is 1.03 bits per heavy atom. The first-order valence-electron chi connectivity index (χ1n) is 8.68. The molecule has 8 heteroatoms. The van der Waals surface area contributed by atoms with Crippen molar-refractivity contribution in [1.82, 2.24) is 9.38 Å². The van der Waals surface area contributed by atoms with Gasteiger partial charge in [0.05, 0.1) is 0 Å². The van der Waals surface area contributed by atoms with E-state index in [1.807, 2.05) is 13.0 Å². The van der Waals surface area contributed by atoms with Crippen molar-refractivity contribution in [2.45, 2.75) is 6.92 Å². The van der Waals surface area contributed by atoms with Gasteiger partial charge in [0.25, 0.3) is 0 Å². The Balaban J connectivity index is 1.76. The zero-order valence-electron chi connectivity index (χ0n) is 15.2. The van der Waals surface area contributed by atoms with Gasteiger partial charge in [-0.1, -0.05) is 11.6 Å². The fraction of sp³-hybridized carbons (Fsp3) is 0.0476. The lowest BCUT2D eigenvalue weighted by Gasteiger charge is -2.10. The molecular weight excluding hydrogens is 398 g/mol. The van der Waals surface area contributed by atoms with E-state index in [2.05, 4.69) is 15.6 Å². The lowest BCUT2D eigenvalue weighted by molar-refractivity contribution is 0.262. The molecule has 0 saturated carbocycles. The van der Waals surface area contributed by atoms with Crippen LogP contribution < -0.4 is 10.6 Å². The molecule has 4 aromatic rings. The van der Waals surface area contributed by atoms with Crippen molar-refractivity contribution < 1.29 is 13.6 Å². The van der Waals surface area contributed by atoms with Gasteiger partial charge in [0, 0.05) is 22.5 Å². The van der Waals surface area contributed by atoms with Crippen molar-refractivity contribution >= 4 is 34.8 Å². The van der Waals surface area contributed by atoms with E-state index in [0.29, 0.717) is 16.4 Å². The molecule has 0 spiro atoms. The number of hydrogen-bond acceptors (Lipinski definition) is 2. The quantitative estimate of drug-likeness (QED) is 0.441. The monoisotopic (exact) mass is 412 g/mol. The first-order chi connectivity index (χ1) is 13.9. The maximum atomic E-state index is 14.4. The number of imidazole rings is 1. The Morgan fingerprint density at radius 3 is 2.55 bits per heavy atom. The van der Waals surface area contributed by atoms with Crippen molar-refractivity contribution in [1.29, 1.82) is 0 Å². The van der Waals surface area contributed by atoms with E-state index in [-0.39, 0.29) is 17.1 Å². The summed E-state index contributed by atoms with van der Waals surface area (Å²) in [7, 11) is 0. The predicted octanol–water partition coefficient (Wildman–Crippen LogP) is 5.89. The Kier molecular flexibility index (Phi) is 4.90. The summed E-state index contributed by atoms with van der Waals surface area (Å²) >= 11 is 5.85. The number of halogens is 3. The Labute approximate surface area is 170 Å². The zero-order valence-corrected chi connectivity index (χ0v) is 16.0. The van der Waals surface area contributed by atoms with Gasteiger partial charge in [-0.2, -0.15) is 0 Å². The van der Waals surface area contributed by atoms with Crippen LogP contribution in [-0.4, -0.2) is 15.4 Å². The fourth-order valence-electron chi connectivity index (χ4n) is 2.94. The highest BCUT2D eigenvalue weighted by Crippen LogP contribution is 2.31. The van der Waals surface area contributed by atoms with Gasteiger partial charge in [-0.3, -0.25) is 9.72 Å². The first kappa shape index (κ1) is 18.9. The van der Waals surface area contributed by atoms with Crippen molar-refractivity contribution in [2.75, 3.05) is 10.6 Å². The maximum Gasteiger partial charge on any atom is 0.324 e. The summed E-state index contributed by atoms with van der Waals surface area (Å²) in [6.45, 7) is 1.89. The lowest BCUT2D eigenvalue weighted by atomic mass is 10.1. The van der Waals surface area contributed by atoms with Gasteiger partial charge in [0.15, 0.2) is 0 Å². The molecule has 0 radical (unpaired) electrons. The highest BCUT2D eigenvalue weighted by molar-refractivity contribution is 6.30. The molecule has 2 heterocycles. The summed E-state index contributed by atoms with van der Waals surface area (Å²) in [4.78, 5) is 17.0. The summed E-state index contributed by atoms with van der Waals surface area (Å²) in [6.07, 6.45) is 1.70. The van der Waals surface area contributed by atoms with Crippen LogP contribution in [0.25, 0.3) is 16.9 Å². The lowest BCUT2D eigenvalue weighted by Crippen LogP contribution is -2.20. The van der Waals surface area contributed by atoms with E-state index >= 15 is 0 Å². The molecule has 2 N–H and O–H groups in total. The third-order valence-corrected chi connectivity index (χ3v) is 4.55. The predicted molar refractivity (Wildman–Crippen MR) is 109 cm³/mol. The zero-order chi connectivity index (χ0) is 20.5. The van der Waals surface area contributed by atoms with Gasteiger partial charge in [-0.25, -0.2) is 18.6 Å². The van der Waals surface area contributed by atoms with Gasteiger partial charge in [0.1, 0.15) is 28.8 Å². The van der Waals surface area contributed by atoms with E-state index in [1.54, 1.807) is 40.9 Å². The second-order valence-electron chi connectivity index (χ2n) is 6.45. The average molecular weight is 413 g/mol. The minimum atomic E-state index is -0.646. The number of amides is 2. The van der Waals surface area contributed by atoms with E-state index in [1.165, 1.54) is 0 Å². The molecular formula is C21H15ClF2N4O. The van der Waals surface area contributed by atoms with Crippen molar-refractivity contribution in [3.8, 4) is 11.3 Å². The normalized spacial score (nSPS) is 10.9. The highest BCUT2D eigenvalue weighted by Gasteiger charge is 2.20. The van der Waals surface area contributed by atoms with E-state index in [9.17, 15) is 13.6 Å². The van der Waals surface area contributed by atoms with Gasteiger partial charge in [-0.15, -0.1) is 0 Å². The SMILES string of the molecule is Cc1ccn2c(NC(=O)Nc3ccc(Cl)cc3)c(-c3cc(F)ccc3F)nc2c1. The molecule has 4 rings (SSSR count). The number of aromatic nitrogens is 2. The summed E-state index contributed by atoms with van der Waals surface area (Å²) < 4.78 is 29.8. The number of rotatable bonds is 3. The molecule has 0 aliphatic rings. The van der Waals surface area contributed by atoms with E-state index in [0.717, 1.165) is 23.8 Å². The second-order valence-corrected chi connectivity index (χ2v) is 6.89. The molecule has 2 amide bonds. The molecule has 29 heavy (non-hydrogen) atoms. The van der Waals surface area contributed by atoms with Crippen LogP contribution in [0.5, 0.6) is 0 Å². The standard InChI is InChI=1S/C21H15ClF2N4O/c1-12-8-9-28-18(10-12)26-19(16-11-14(23)4-7-17(16)24)20(28)27-21(29)25-15-5-2-13(22)3-6-15/h2-11H,1H3,(H2,25,27,29). The number of carbonyl (C=O) groups excluding carboxylic acids is 1. The van der Waals surface area contributed by atoms with Crippen LogP contribution >= 0.6 is 11.6 Å². The topological polar surface area (TPSA) is 58.4 Å². The molecule has 2 aromatic heterocycles. The summed E-state index contributed by atoms with van der Waals surface area (Å²) in [5.74, 6) is -1.03. The largest absolute Gasteiger partial charge is 0.324 e. The molecule has 146 valence electrons. The van der Waals surface area contributed by atoms with Gasteiger partial charge in [-0.05, 0) is 67.1 Å². The van der Waals surface area contributed by atoms with Crippen LogP contribution in [0.15, 0.2) is 60.8 Å². The number of anilines is 2. The molecule has 0 atom stereocenters. The minimum Gasteiger partial charge on any atom is -0.308 e. The van der Waals surface area contributed by atoms with Gasteiger partial charge in [0.2, 0.25) is 0 Å². The second kappa shape index (κ2) is 7.52. The molecule has 5 nitrogen and oxygen atoms in total. The van der Waals surface area contributed by atoms with Crippen LogP contribution in [0.2, 0.25) is 5.02 Å². The van der Waals surface area contributed by atoms with Crippen LogP contribution in [0.4, 0.5) is 25.1 Å². The molecule has 0 fully saturated rings. The number of pyridine rings is 1. The maximum absolute atomic E-state index is 14.4. The van der Waals surface area contributed by atoms with Gasteiger partial charge >= 0.3 is 6.03 Å². The smallest absolute Gasteiger partial charge is 0.308 e. The van der Waals surface area contributed by atoms with E-state index in [4.69, 9.17) is 11.6 Å². The van der Waals surface area contributed by atoms with Crippen molar-refractivity contribution in [3.05, 3.63) is 83.0 Å². The highest BCUT2D eigenvalue weighted by atomic mass is 35.5. The molecule has 0 aliphatic heterocycles. The van der Waals surface area contributed by atoms with Crippen LogP contribution in [0.1, 0.15) is 5.56 Å². The third kappa shape index (κ3) is 3.90. The number of fused-ring (bicyclic) bond motifs is 1. The third-order valence-electron chi connectivity index (χ3n) is 4.30. The number of urea groups is 1. The summed E-state index contributed by atoms with van der Waals surface area (Å²) in [6, 6.07) is 12.7. The van der Waals surface area contributed by atoms with Crippen LogP contribution in [-0.2, 0) is 0 Å². The number of nitrogens with one attached hydrogen (secondary N) is 2. The Hall–Kier alpha value is -3.45. The summed E-state index contributed by atoms with van der Waals surface area (Å²) in [5, 5.41) is 5.90. The number of nitrogens with zero attached hydrogens (tertiary/aromatic N) is 2. The van der Waals surface area contributed by atoms with Gasteiger partial charge < -0.3 is 5.32 Å². The summed E-state index contributed by atoms with van der Waals surface area (Å²) in [5.41, 5.74) is 2.03. The van der Waals surface area contributed by atoms with Crippen LogP contribution in [0, 0.1) is 18.6 Å². The molecule has 0 saturated heterocycles. The average Bonchev–Trinajstić information content (AvgIpc) is 3.02. The first-order valence-corrected chi connectivity index (χ1v) is 9.06. The number of aryl methyl sites for hydroxylation is 1. The van der Waals surface area contributed by atoms with Crippen molar-refractivity contribution in [2.24, 2.45) is 0 Å². The number of carbonyl (C=O) groups is 1. The molecule has 0 unspecified atom stereocenters. The number of hydrogen-bond donors (Lipinski definition) is 2. The number of benzene rings is 2. The molecule has 2 aromatic carbocycles. The van der Waals surface area contributed by atoms with Crippen molar-refractivity contribution in [3.63, 3.8) is 0 Å². The Bertz CT molecular complexity index is 1220. The molecule has 0 aliphatic carbocycles. The molecule has 0 bridgehead atoms. The van der Waals surface area contributed by atoms with E-state index < -0.39 is 17.7 Å². The Morgan fingerprint density at radius 2 is 1.79 bits per heavy atom.